The SMILES string of the molecule is Cl.N[C@@H]1CCN(C2CCc3ccccc3NC2=O)C1. The average Bonchev–Trinajstić information content (AvgIpc) is 2.70. The van der Waals surface area contributed by atoms with Crippen LogP contribution in [0, 0.1) is 0 Å². The van der Waals surface area contributed by atoms with Crippen molar-refractivity contribution in [3.8, 4) is 0 Å². The van der Waals surface area contributed by atoms with Gasteiger partial charge in [0.15, 0.2) is 0 Å². The number of nitrogens with two attached hydrogens (primary N) is 1. The third kappa shape index (κ3) is 2.91. The van der Waals surface area contributed by atoms with Crippen LogP contribution in [0.15, 0.2) is 24.3 Å². The van der Waals surface area contributed by atoms with Crippen LogP contribution in [0.3, 0.4) is 0 Å². The molecule has 1 saturated heterocycles. The van der Waals surface area contributed by atoms with Gasteiger partial charge in [0.2, 0.25) is 5.91 Å². The van der Waals surface area contributed by atoms with E-state index in [0.717, 1.165) is 38.0 Å². The van der Waals surface area contributed by atoms with E-state index in [9.17, 15) is 4.79 Å². The van der Waals surface area contributed by atoms with Crippen LogP contribution in [-0.2, 0) is 11.2 Å². The second-order valence-electron chi connectivity index (χ2n) is 5.24. The highest BCUT2D eigenvalue weighted by molar-refractivity contribution is 5.96. The lowest BCUT2D eigenvalue weighted by molar-refractivity contribution is -0.121. The molecule has 0 spiro atoms. The molecule has 0 saturated carbocycles. The molecule has 0 radical (unpaired) electrons. The van der Waals surface area contributed by atoms with Crippen molar-refractivity contribution in [2.75, 3.05) is 18.4 Å². The maximum absolute atomic E-state index is 12.3. The molecule has 1 aromatic carbocycles. The van der Waals surface area contributed by atoms with Crippen molar-refractivity contribution < 1.29 is 4.79 Å². The fraction of sp³-hybridized carbons (Fsp3) is 0.500. The van der Waals surface area contributed by atoms with Crippen LogP contribution in [0.1, 0.15) is 18.4 Å². The molecule has 2 aliphatic heterocycles. The van der Waals surface area contributed by atoms with E-state index in [-0.39, 0.29) is 30.4 Å². The van der Waals surface area contributed by atoms with Gasteiger partial charge >= 0.3 is 0 Å². The molecular formula is C14H20ClN3O. The van der Waals surface area contributed by atoms with E-state index in [1.807, 2.05) is 18.2 Å². The van der Waals surface area contributed by atoms with Crippen LogP contribution >= 0.6 is 12.4 Å². The maximum Gasteiger partial charge on any atom is 0.241 e. The standard InChI is InChI=1S/C14H19N3O.ClH/c15-11-7-8-17(9-11)13-6-5-10-3-1-2-4-12(10)16-14(13)18;/h1-4,11,13H,5-9,15H2,(H,16,18);1H/t11-,13?;/m1./s1. The minimum atomic E-state index is -0.0223. The van der Waals surface area contributed by atoms with Gasteiger partial charge in [0, 0.05) is 24.8 Å². The summed E-state index contributed by atoms with van der Waals surface area (Å²) in [4.78, 5) is 14.5. The lowest BCUT2D eigenvalue weighted by Gasteiger charge is -2.24. The summed E-state index contributed by atoms with van der Waals surface area (Å²) in [6.07, 6.45) is 2.83. The Morgan fingerprint density at radius 1 is 1.26 bits per heavy atom. The van der Waals surface area contributed by atoms with Crippen LogP contribution in [-0.4, -0.2) is 36.0 Å². The van der Waals surface area contributed by atoms with Crippen molar-refractivity contribution >= 4 is 24.0 Å². The Labute approximate surface area is 119 Å². The van der Waals surface area contributed by atoms with Crippen LogP contribution in [0.4, 0.5) is 5.69 Å². The zero-order chi connectivity index (χ0) is 12.5. The number of nitrogens with zero attached hydrogens (tertiary/aromatic N) is 1. The molecule has 1 aromatic rings. The summed E-state index contributed by atoms with van der Waals surface area (Å²) >= 11 is 0. The van der Waals surface area contributed by atoms with Gasteiger partial charge in [-0.05, 0) is 30.9 Å². The minimum Gasteiger partial charge on any atom is -0.326 e. The molecule has 2 heterocycles. The van der Waals surface area contributed by atoms with E-state index in [1.54, 1.807) is 0 Å². The van der Waals surface area contributed by atoms with Gasteiger partial charge in [-0.25, -0.2) is 0 Å². The number of anilines is 1. The number of hydrogen-bond donors (Lipinski definition) is 2. The predicted octanol–water partition coefficient (Wildman–Crippen LogP) is 1.39. The Morgan fingerprint density at radius 3 is 2.79 bits per heavy atom. The molecule has 3 N–H and O–H groups in total. The fourth-order valence-corrected chi connectivity index (χ4v) is 2.95. The van der Waals surface area contributed by atoms with Gasteiger partial charge in [-0.2, -0.15) is 0 Å². The first-order valence-electron chi connectivity index (χ1n) is 6.62. The molecule has 3 rings (SSSR count). The Hall–Kier alpha value is -1.10. The highest BCUT2D eigenvalue weighted by atomic mass is 35.5. The van der Waals surface area contributed by atoms with Crippen molar-refractivity contribution in [2.24, 2.45) is 5.73 Å². The second kappa shape index (κ2) is 5.90. The number of amides is 1. The lowest BCUT2D eigenvalue weighted by Crippen LogP contribution is -2.43. The maximum atomic E-state index is 12.3. The van der Waals surface area contributed by atoms with Gasteiger partial charge in [0.1, 0.15) is 0 Å². The third-order valence-electron chi connectivity index (χ3n) is 3.96. The van der Waals surface area contributed by atoms with Gasteiger partial charge in [-0.3, -0.25) is 9.69 Å². The van der Waals surface area contributed by atoms with Gasteiger partial charge in [0.05, 0.1) is 6.04 Å². The number of carbonyl (C=O) groups excluding carboxylic acids is 1. The molecule has 2 atom stereocenters. The largest absolute Gasteiger partial charge is 0.326 e. The summed E-state index contributed by atoms with van der Waals surface area (Å²) in [5.74, 6) is 0.119. The molecular weight excluding hydrogens is 262 g/mol. The second-order valence-corrected chi connectivity index (χ2v) is 5.24. The zero-order valence-electron chi connectivity index (χ0n) is 10.8. The van der Waals surface area contributed by atoms with Crippen molar-refractivity contribution in [1.82, 2.24) is 4.90 Å². The highest BCUT2D eigenvalue weighted by Gasteiger charge is 2.32. The number of para-hydroxylation sites is 1. The normalized spacial score (nSPS) is 27.1. The Balaban J connectivity index is 0.00000133. The Kier molecular flexibility index (Phi) is 4.45. The Morgan fingerprint density at radius 2 is 2.05 bits per heavy atom. The first-order valence-corrected chi connectivity index (χ1v) is 6.62. The van der Waals surface area contributed by atoms with Crippen molar-refractivity contribution in [2.45, 2.75) is 31.3 Å². The molecule has 0 aliphatic carbocycles. The number of carbonyl (C=O) groups is 1. The number of nitrogens with one attached hydrogen (secondary N) is 1. The van der Waals surface area contributed by atoms with Gasteiger partial charge in [-0.1, -0.05) is 18.2 Å². The molecule has 5 heteroatoms. The first kappa shape index (κ1) is 14.3. The smallest absolute Gasteiger partial charge is 0.241 e. The topological polar surface area (TPSA) is 58.4 Å². The monoisotopic (exact) mass is 281 g/mol. The summed E-state index contributed by atoms with van der Waals surface area (Å²) in [7, 11) is 0. The summed E-state index contributed by atoms with van der Waals surface area (Å²) in [5, 5.41) is 3.04. The van der Waals surface area contributed by atoms with E-state index in [0.29, 0.717) is 0 Å². The predicted molar refractivity (Wildman–Crippen MR) is 78.6 cm³/mol. The number of likely N-dealkylation sites (tertiary alicyclic amines) is 1. The number of fused-ring (bicyclic) bond motifs is 1. The number of halogens is 1. The Bertz CT molecular complexity index is 466. The zero-order valence-corrected chi connectivity index (χ0v) is 11.7. The molecule has 1 amide bonds. The number of rotatable bonds is 1. The van der Waals surface area contributed by atoms with Crippen LogP contribution in [0.2, 0.25) is 0 Å². The van der Waals surface area contributed by atoms with E-state index >= 15 is 0 Å². The van der Waals surface area contributed by atoms with E-state index in [1.165, 1.54) is 5.56 Å². The first-order chi connectivity index (χ1) is 8.74. The summed E-state index contributed by atoms with van der Waals surface area (Å²) in [6, 6.07) is 8.26. The van der Waals surface area contributed by atoms with Crippen LogP contribution < -0.4 is 11.1 Å². The molecule has 0 bridgehead atoms. The molecule has 1 unspecified atom stereocenters. The quantitative estimate of drug-likeness (QED) is 0.818. The number of hydrogen-bond acceptors (Lipinski definition) is 3. The minimum absolute atomic E-state index is 0. The molecule has 1 fully saturated rings. The van der Waals surface area contributed by atoms with Crippen molar-refractivity contribution in [3.05, 3.63) is 29.8 Å². The molecule has 104 valence electrons. The summed E-state index contributed by atoms with van der Waals surface area (Å²) in [6.45, 7) is 1.78. The number of aryl methyl sites for hydroxylation is 1. The highest BCUT2D eigenvalue weighted by Crippen LogP contribution is 2.25. The molecule has 4 nitrogen and oxygen atoms in total. The van der Waals surface area contributed by atoms with Gasteiger partial charge in [-0.15, -0.1) is 12.4 Å². The van der Waals surface area contributed by atoms with E-state index < -0.39 is 0 Å². The average molecular weight is 282 g/mol. The van der Waals surface area contributed by atoms with Crippen molar-refractivity contribution in [1.29, 1.82) is 0 Å². The van der Waals surface area contributed by atoms with Gasteiger partial charge in [0.25, 0.3) is 0 Å². The van der Waals surface area contributed by atoms with Crippen LogP contribution in [0.5, 0.6) is 0 Å². The lowest BCUT2D eigenvalue weighted by atomic mass is 10.1. The molecule has 19 heavy (non-hydrogen) atoms. The van der Waals surface area contributed by atoms with E-state index in [2.05, 4.69) is 16.3 Å². The summed E-state index contributed by atoms with van der Waals surface area (Å²) in [5.41, 5.74) is 8.13. The fourth-order valence-electron chi connectivity index (χ4n) is 2.95. The number of benzene rings is 1. The van der Waals surface area contributed by atoms with Crippen LogP contribution in [0.25, 0.3) is 0 Å². The van der Waals surface area contributed by atoms with Crippen molar-refractivity contribution in [3.63, 3.8) is 0 Å². The van der Waals surface area contributed by atoms with E-state index in [4.69, 9.17) is 5.73 Å². The van der Waals surface area contributed by atoms with Gasteiger partial charge < -0.3 is 11.1 Å². The summed E-state index contributed by atoms with van der Waals surface area (Å²) < 4.78 is 0. The third-order valence-corrected chi connectivity index (χ3v) is 3.96. The molecule has 0 aromatic heterocycles. The molecule has 2 aliphatic rings.